The van der Waals surface area contributed by atoms with Crippen LogP contribution in [-0.4, -0.2) is 20.4 Å². The number of rotatable bonds is 6. The third-order valence-corrected chi connectivity index (χ3v) is 4.52. The Bertz CT molecular complexity index is 697. The fraction of sp³-hybridized carbons (Fsp3) is 0.231. The van der Waals surface area contributed by atoms with Gasteiger partial charge in [0.15, 0.2) is 4.34 Å². The maximum Gasteiger partial charge on any atom is 0.226 e. The van der Waals surface area contributed by atoms with Crippen molar-refractivity contribution in [3.63, 3.8) is 0 Å². The first kappa shape index (κ1) is 14.0. The van der Waals surface area contributed by atoms with Gasteiger partial charge in [-0.25, -0.2) is 0 Å². The summed E-state index contributed by atoms with van der Waals surface area (Å²) in [7, 11) is 0. The van der Waals surface area contributed by atoms with Crippen molar-refractivity contribution in [1.82, 2.24) is 20.4 Å². The molecule has 1 N–H and O–H groups in total. The zero-order valence-corrected chi connectivity index (χ0v) is 12.9. The average molecular weight is 319 g/mol. The summed E-state index contributed by atoms with van der Waals surface area (Å²) >= 11 is 3.04. The predicted molar refractivity (Wildman–Crippen MR) is 82.9 cm³/mol. The van der Waals surface area contributed by atoms with Crippen molar-refractivity contribution < 1.29 is 4.42 Å². The van der Waals surface area contributed by atoms with E-state index in [9.17, 15) is 0 Å². The van der Waals surface area contributed by atoms with Crippen LogP contribution < -0.4 is 5.32 Å². The molecule has 0 atom stereocenters. The number of anilines is 2. The maximum absolute atomic E-state index is 5.45. The third kappa shape index (κ3) is 3.79. The van der Waals surface area contributed by atoms with Crippen molar-refractivity contribution >= 4 is 33.9 Å². The van der Waals surface area contributed by atoms with Crippen molar-refractivity contribution in [1.29, 1.82) is 0 Å². The van der Waals surface area contributed by atoms with Gasteiger partial charge in [0.1, 0.15) is 0 Å². The number of hydrogen-bond donors (Lipinski definition) is 1. The lowest BCUT2D eigenvalue weighted by atomic mass is 10.3. The molecule has 0 saturated heterocycles. The summed E-state index contributed by atoms with van der Waals surface area (Å²) < 4.78 is 6.32. The molecule has 21 heavy (non-hydrogen) atoms. The molecule has 3 rings (SSSR count). The highest BCUT2D eigenvalue weighted by molar-refractivity contribution is 8.00. The second-order valence-corrected chi connectivity index (χ2v) is 6.30. The van der Waals surface area contributed by atoms with Gasteiger partial charge in [-0.15, -0.1) is 20.4 Å². The Balaban J connectivity index is 1.57. The summed E-state index contributed by atoms with van der Waals surface area (Å²) in [5.74, 6) is 1.88. The molecule has 0 radical (unpaired) electrons. The molecule has 0 fully saturated rings. The molecule has 8 heteroatoms. The van der Waals surface area contributed by atoms with Gasteiger partial charge in [0.05, 0.1) is 5.75 Å². The number of benzene rings is 1. The van der Waals surface area contributed by atoms with E-state index in [1.165, 1.54) is 23.1 Å². The van der Waals surface area contributed by atoms with E-state index in [1.807, 2.05) is 37.3 Å². The number of nitrogens with one attached hydrogen (secondary N) is 1. The minimum absolute atomic E-state index is 0.604. The van der Waals surface area contributed by atoms with E-state index >= 15 is 0 Å². The number of thioether (sulfide) groups is 1. The minimum atomic E-state index is 0.604. The van der Waals surface area contributed by atoms with E-state index < -0.39 is 0 Å². The second-order valence-electron chi connectivity index (χ2n) is 4.10. The molecule has 0 saturated carbocycles. The van der Waals surface area contributed by atoms with Crippen LogP contribution in [0.25, 0.3) is 0 Å². The van der Waals surface area contributed by atoms with Gasteiger partial charge >= 0.3 is 0 Å². The van der Waals surface area contributed by atoms with Gasteiger partial charge in [-0.1, -0.05) is 48.2 Å². The molecule has 2 aromatic heterocycles. The zero-order valence-electron chi connectivity index (χ0n) is 11.3. The molecule has 0 bridgehead atoms. The molecule has 0 aliphatic carbocycles. The molecule has 0 spiro atoms. The Kier molecular flexibility index (Phi) is 4.46. The maximum atomic E-state index is 5.45. The predicted octanol–water partition coefficient (Wildman–Crippen LogP) is 3.52. The molecule has 0 aliphatic rings. The smallest absolute Gasteiger partial charge is 0.226 e. The first-order valence-electron chi connectivity index (χ1n) is 6.43. The SMILES string of the molecule is CCc1nnc(CSc2nnc(Nc3ccccc3)s2)o1. The largest absolute Gasteiger partial charge is 0.424 e. The molecule has 0 unspecified atom stereocenters. The molecule has 2 heterocycles. The fourth-order valence-corrected chi connectivity index (χ4v) is 3.19. The number of para-hydroxylation sites is 1. The van der Waals surface area contributed by atoms with Crippen LogP contribution in [0.2, 0.25) is 0 Å². The summed E-state index contributed by atoms with van der Waals surface area (Å²) in [6.45, 7) is 1.98. The molecule has 0 aliphatic heterocycles. The Morgan fingerprint density at radius 1 is 1.10 bits per heavy atom. The summed E-state index contributed by atoms with van der Waals surface area (Å²) in [5, 5.41) is 20.1. The van der Waals surface area contributed by atoms with Crippen LogP contribution in [0.5, 0.6) is 0 Å². The Morgan fingerprint density at radius 2 is 1.90 bits per heavy atom. The van der Waals surface area contributed by atoms with Crippen LogP contribution in [0, 0.1) is 0 Å². The summed E-state index contributed by atoms with van der Waals surface area (Å²) in [6.07, 6.45) is 0.752. The van der Waals surface area contributed by atoms with Crippen molar-refractivity contribution in [2.45, 2.75) is 23.4 Å². The summed E-state index contributed by atoms with van der Waals surface area (Å²) in [4.78, 5) is 0. The van der Waals surface area contributed by atoms with Gasteiger partial charge in [0, 0.05) is 12.1 Å². The van der Waals surface area contributed by atoms with E-state index in [1.54, 1.807) is 0 Å². The van der Waals surface area contributed by atoms with E-state index in [2.05, 4.69) is 25.7 Å². The van der Waals surface area contributed by atoms with Crippen molar-refractivity contribution in [2.24, 2.45) is 0 Å². The number of hydrogen-bond acceptors (Lipinski definition) is 8. The summed E-state index contributed by atoms with van der Waals surface area (Å²) in [5.41, 5.74) is 0.995. The van der Waals surface area contributed by atoms with Gasteiger partial charge in [-0.05, 0) is 12.1 Å². The topological polar surface area (TPSA) is 76.7 Å². The molecule has 3 aromatic rings. The minimum Gasteiger partial charge on any atom is -0.424 e. The lowest BCUT2D eigenvalue weighted by molar-refractivity contribution is 0.470. The fourth-order valence-electron chi connectivity index (χ4n) is 1.58. The first-order chi connectivity index (χ1) is 10.3. The number of aromatic nitrogens is 4. The molecule has 1 aromatic carbocycles. The van der Waals surface area contributed by atoms with Gasteiger partial charge in [-0.3, -0.25) is 0 Å². The number of nitrogens with zero attached hydrogens (tertiary/aromatic N) is 4. The Labute approximate surface area is 130 Å². The van der Waals surface area contributed by atoms with E-state index in [0.29, 0.717) is 17.5 Å². The van der Waals surface area contributed by atoms with Crippen LogP contribution in [0.3, 0.4) is 0 Å². The van der Waals surface area contributed by atoms with E-state index in [-0.39, 0.29) is 0 Å². The monoisotopic (exact) mass is 319 g/mol. The Hall–Kier alpha value is -1.93. The standard InChI is InChI=1S/C13H13N5OS2/c1-2-10-15-16-11(19-10)8-20-13-18-17-12(21-13)14-9-6-4-3-5-7-9/h3-7H,2,8H2,1H3,(H,14,17). The van der Waals surface area contributed by atoms with E-state index in [4.69, 9.17) is 4.42 Å². The van der Waals surface area contributed by atoms with Crippen molar-refractivity contribution in [3.05, 3.63) is 42.1 Å². The lowest BCUT2D eigenvalue weighted by Gasteiger charge is -1.99. The highest BCUT2D eigenvalue weighted by atomic mass is 32.2. The highest BCUT2D eigenvalue weighted by Crippen LogP contribution is 2.29. The van der Waals surface area contributed by atoms with Crippen LogP contribution >= 0.6 is 23.1 Å². The Morgan fingerprint density at radius 3 is 2.67 bits per heavy atom. The van der Waals surface area contributed by atoms with Gasteiger partial charge in [0.2, 0.25) is 16.9 Å². The van der Waals surface area contributed by atoms with Crippen LogP contribution in [0.4, 0.5) is 10.8 Å². The van der Waals surface area contributed by atoms with Crippen LogP contribution in [0.15, 0.2) is 39.1 Å². The van der Waals surface area contributed by atoms with Gasteiger partial charge < -0.3 is 9.73 Å². The van der Waals surface area contributed by atoms with Crippen molar-refractivity contribution in [3.8, 4) is 0 Å². The van der Waals surface area contributed by atoms with Crippen LogP contribution in [-0.2, 0) is 12.2 Å². The second kappa shape index (κ2) is 6.68. The summed E-state index contributed by atoms with van der Waals surface area (Å²) in [6, 6.07) is 9.89. The van der Waals surface area contributed by atoms with E-state index in [0.717, 1.165) is 21.6 Å². The van der Waals surface area contributed by atoms with Crippen molar-refractivity contribution in [2.75, 3.05) is 5.32 Å². The van der Waals surface area contributed by atoms with Gasteiger partial charge in [-0.2, -0.15) is 0 Å². The lowest BCUT2D eigenvalue weighted by Crippen LogP contribution is -1.87. The molecular weight excluding hydrogens is 306 g/mol. The third-order valence-electron chi connectivity index (χ3n) is 2.56. The molecule has 6 nitrogen and oxygen atoms in total. The molecular formula is C13H13N5OS2. The molecule has 0 amide bonds. The highest BCUT2D eigenvalue weighted by Gasteiger charge is 2.09. The zero-order chi connectivity index (χ0) is 14.5. The normalized spacial score (nSPS) is 10.7. The first-order valence-corrected chi connectivity index (χ1v) is 8.23. The quantitative estimate of drug-likeness (QED) is 0.696. The van der Waals surface area contributed by atoms with Crippen LogP contribution in [0.1, 0.15) is 18.7 Å². The number of aryl methyl sites for hydroxylation is 1. The van der Waals surface area contributed by atoms with Gasteiger partial charge in [0.25, 0.3) is 0 Å². The molecule has 108 valence electrons. The average Bonchev–Trinajstić information content (AvgIpc) is 3.15.